The number of pyridine rings is 1. The zero-order chi connectivity index (χ0) is 14.4. The summed E-state index contributed by atoms with van der Waals surface area (Å²) in [5.74, 6) is -0.813. The maximum absolute atomic E-state index is 10.8. The van der Waals surface area contributed by atoms with E-state index < -0.39 is 5.97 Å². The summed E-state index contributed by atoms with van der Waals surface area (Å²) in [4.78, 5) is 16.7. The molecule has 0 unspecified atom stereocenters. The minimum atomic E-state index is -0.813. The molecule has 1 heterocycles. The third-order valence-electron chi connectivity index (χ3n) is 2.93. The Labute approximate surface area is 122 Å². The normalized spacial score (nSPS) is 10.2. The number of aliphatic carboxylic acids is 1. The molecule has 20 heavy (non-hydrogen) atoms. The van der Waals surface area contributed by atoms with Gasteiger partial charge in [0.15, 0.2) is 0 Å². The highest BCUT2D eigenvalue weighted by molar-refractivity contribution is 6.31. The Kier molecular flexibility index (Phi) is 4.96. The van der Waals surface area contributed by atoms with Gasteiger partial charge in [0.05, 0.1) is 11.4 Å². The summed E-state index contributed by atoms with van der Waals surface area (Å²) in [5.41, 5.74) is 1.90. The van der Waals surface area contributed by atoms with Crippen molar-refractivity contribution in [2.75, 3.05) is 11.4 Å². The number of anilines is 1. The maximum Gasteiger partial charge on any atom is 0.305 e. The highest BCUT2D eigenvalue weighted by Gasteiger charge is 2.11. The molecule has 0 amide bonds. The molecule has 0 aliphatic carbocycles. The Morgan fingerprint density at radius 2 is 2.00 bits per heavy atom. The van der Waals surface area contributed by atoms with E-state index in [0.29, 0.717) is 18.1 Å². The first-order chi connectivity index (χ1) is 9.66. The van der Waals surface area contributed by atoms with Crippen molar-refractivity contribution in [1.82, 2.24) is 4.98 Å². The Hall–Kier alpha value is -2.07. The summed E-state index contributed by atoms with van der Waals surface area (Å²) >= 11 is 6.11. The average molecular weight is 291 g/mol. The van der Waals surface area contributed by atoms with Crippen molar-refractivity contribution in [2.24, 2.45) is 0 Å². The van der Waals surface area contributed by atoms with E-state index in [4.69, 9.17) is 16.7 Å². The van der Waals surface area contributed by atoms with Crippen molar-refractivity contribution < 1.29 is 9.90 Å². The number of nitrogens with zero attached hydrogens (tertiary/aromatic N) is 2. The van der Waals surface area contributed by atoms with Crippen molar-refractivity contribution >= 4 is 23.3 Å². The van der Waals surface area contributed by atoms with Gasteiger partial charge in [-0.15, -0.1) is 0 Å². The smallest absolute Gasteiger partial charge is 0.305 e. The molecule has 1 N–H and O–H groups in total. The van der Waals surface area contributed by atoms with Crippen LogP contribution < -0.4 is 4.90 Å². The van der Waals surface area contributed by atoms with Crippen molar-refractivity contribution in [3.63, 3.8) is 0 Å². The molecule has 2 aromatic rings. The second kappa shape index (κ2) is 6.91. The van der Waals surface area contributed by atoms with E-state index in [2.05, 4.69) is 4.98 Å². The van der Waals surface area contributed by atoms with Crippen LogP contribution in [0.2, 0.25) is 5.02 Å². The lowest BCUT2D eigenvalue weighted by Gasteiger charge is -2.24. The molecule has 0 saturated heterocycles. The Morgan fingerprint density at radius 1 is 1.25 bits per heavy atom. The largest absolute Gasteiger partial charge is 0.481 e. The Morgan fingerprint density at radius 3 is 2.65 bits per heavy atom. The van der Waals surface area contributed by atoms with Gasteiger partial charge in [-0.3, -0.25) is 9.78 Å². The fourth-order valence-corrected chi connectivity index (χ4v) is 2.09. The molecule has 0 bridgehead atoms. The summed E-state index contributed by atoms with van der Waals surface area (Å²) in [7, 11) is 0. The lowest BCUT2D eigenvalue weighted by molar-refractivity contribution is -0.136. The molecule has 4 nitrogen and oxygen atoms in total. The molecule has 1 aromatic carbocycles. The van der Waals surface area contributed by atoms with E-state index in [0.717, 1.165) is 11.3 Å². The number of benzene rings is 1. The van der Waals surface area contributed by atoms with Crippen LogP contribution in [0.4, 0.5) is 5.69 Å². The standard InChI is InChI=1S/C15H15ClN2O2/c16-14-10-17-8-6-12(14)11-18(9-7-15(19)20)13-4-2-1-3-5-13/h1-6,8,10H,7,9,11H2,(H,19,20). The van der Waals surface area contributed by atoms with Gasteiger partial charge in [-0.2, -0.15) is 0 Å². The fraction of sp³-hybridized carbons (Fsp3) is 0.200. The van der Waals surface area contributed by atoms with Crippen LogP contribution in [0.15, 0.2) is 48.8 Å². The van der Waals surface area contributed by atoms with E-state index in [1.165, 1.54) is 0 Å². The molecule has 0 radical (unpaired) electrons. The molecule has 0 aliphatic rings. The van der Waals surface area contributed by atoms with Gasteiger partial charge in [0.1, 0.15) is 0 Å². The van der Waals surface area contributed by atoms with Crippen molar-refractivity contribution in [2.45, 2.75) is 13.0 Å². The number of carbonyl (C=O) groups is 1. The van der Waals surface area contributed by atoms with Crippen LogP contribution in [-0.4, -0.2) is 22.6 Å². The summed E-state index contributed by atoms with van der Waals surface area (Å²) in [5, 5.41) is 9.45. The lowest BCUT2D eigenvalue weighted by Crippen LogP contribution is -2.25. The van der Waals surface area contributed by atoms with E-state index in [-0.39, 0.29) is 6.42 Å². The van der Waals surface area contributed by atoms with Gasteiger partial charge < -0.3 is 10.0 Å². The molecule has 104 valence electrons. The van der Waals surface area contributed by atoms with E-state index in [1.54, 1.807) is 12.4 Å². The topological polar surface area (TPSA) is 53.4 Å². The highest BCUT2D eigenvalue weighted by atomic mass is 35.5. The molecule has 0 fully saturated rings. The predicted octanol–water partition coefficient (Wildman–Crippen LogP) is 3.22. The monoisotopic (exact) mass is 290 g/mol. The number of rotatable bonds is 6. The summed E-state index contributed by atoms with van der Waals surface area (Å²) in [6.07, 6.45) is 3.36. The maximum atomic E-state index is 10.8. The molecule has 1 aromatic heterocycles. The van der Waals surface area contributed by atoms with Crippen molar-refractivity contribution in [3.8, 4) is 0 Å². The van der Waals surface area contributed by atoms with Gasteiger partial charge in [0.25, 0.3) is 0 Å². The van der Waals surface area contributed by atoms with Gasteiger partial charge in [0.2, 0.25) is 0 Å². The highest BCUT2D eigenvalue weighted by Crippen LogP contribution is 2.21. The number of hydrogen-bond donors (Lipinski definition) is 1. The summed E-state index contributed by atoms with van der Waals surface area (Å²) in [6.45, 7) is 0.983. The SMILES string of the molecule is O=C(O)CCN(Cc1ccncc1Cl)c1ccccc1. The number of carboxylic acids is 1. The van der Waals surface area contributed by atoms with Crippen LogP contribution >= 0.6 is 11.6 Å². The molecule has 5 heteroatoms. The Bertz CT molecular complexity index is 575. The molecule has 0 aliphatic heterocycles. The summed E-state index contributed by atoms with van der Waals surface area (Å²) < 4.78 is 0. The average Bonchev–Trinajstić information content (AvgIpc) is 2.46. The first-order valence-electron chi connectivity index (χ1n) is 6.27. The number of halogens is 1. The van der Waals surface area contributed by atoms with Gasteiger partial charge in [-0.1, -0.05) is 29.8 Å². The first kappa shape index (κ1) is 14.3. The second-order valence-electron chi connectivity index (χ2n) is 4.37. The number of para-hydroxylation sites is 1. The van der Waals surface area contributed by atoms with Gasteiger partial charge >= 0.3 is 5.97 Å². The molecule has 0 atom stereocenters. The second-order valence-corrected chi connectivity index (χ2v) is 4.78. The van der Waals surface area contributed by atoms with Crippen LogP contribution in [0.5, 0.6) is 0 Å². The van der Waals surface area contributed by atoms with E-state index >= 15 is 0 Å². The number of carboxylic acid groups (broad SMARTS) is 1. The molecule has 0 spiro atoms. The number of hydrogen-bond acceptors (Lipinski definition) is 3. The van der Waals surface area contributed by atoms with Gasteiger partial charge in [-0.05, 0) is 23.8 Å². The molecule has 0 saturated carbocycles. The Balaban J connectivity index is 2.18. The third kappa shape index (κ3) is 3.96. The lowest BCUT2D eigenvalue weighted by atomic mass is 10.2. The quantitative estimate of drug-likeness (QED) is 0.887. The van der Waals surface area contributed by atoms with E-state index in [9.17, 15) is 4.79 Å². The molecule has 2 rings (SSSR count). The predicted molar refractivity (Wildman–Crippen MR) is 79.0 cm³/mol. The van der Waals surface area contributed by atoms with Crippen LogP contribution in [0.25, 0.3) is 0 Å². The summed E-state index contributed by atoms with van der Waals surface area (Å²) in [6, 6.07) is 11.5. The fourth-order valence-electron chi connectivity index (χ4n) is 1.91. The van der Waals surface area contributed by atoms with Gasteiger partial charge in [-0.25, -0.2) is 0 Å². The van der Waals surface area contributed by atoms with E-state index in [1.807, 2.05) is 41.3 Å². The van der Waals surface area contributed by atoms with Crippen molar-refractivity contribution in [3.05, 3.63) is 59.4 Å². The third-order valence-corrected chi connectivity index (χ3v) is 3.27. The van der Waals surface area contributed by atoms with Crippen LogP contribution in [0.3, 0.4) is 0 Å². The minimum Gasteiger partial charge on any atom is -0.481 e. The van der Waals surface area contributed by atoms with Crippen LogP contribution in [0, 0.1) is 0 Å². The number of aromatic nitrogens is 1. The molecular weight excluding hydrogens is 276 g/mol. The molecular formula is C15H15ClN2O2. The minimum absolute atomic E-state index is 0.0809. The van der Waals surface area contributed by atoms with Crippen LogP contribution in [0.1, 0.15) is 12.0 Å². The van der Waals surface area contributed by atoms with Crippen LogP contribution in [-0.2, 0) is 11.3 Å². The van der Waals surface area contributed by atoms with Crippen molar-refractivity contribution in [1.29, 1.82) is 0 Å². The first-order valence-corrected chi connectivity index (χ1v) is 6.65. The zero-order valence-electron chi connectivity index (χ0n) is 10.9. The van der Waals surface area contributed by atoms with Gasteiger partial charge in [0, 0.05) is 31.2 Å². The zero-order valence-corrected chi connectivity index (χ0v) is 11.6.